The van der Waals surface area contributed by atoms with Gasteiger partial charge in [-0.25, -0.2) is 0 Å². The molecule has 6 nitrogen and oxygen atoms in total. The highest BCUT2D eigenvalue weighted by atomic mass is 35.5. The normalized spacial score (nSPS) is 10.6. The van der Waals surface area contributed by atoms with E-state index in [9.17, 15) is 4.79 Å². The average Bonchev–Trinajstić information content (AvgIpc) is 3.16. The van der Waals surface area contributed by atoms with Gasteiger partial charge in [0.1, 0.15) is 12.3 Å². The first-order valence-corrected chi connectivity index (χ1v) is 7.56. The van der Waals surface area contributed by atoms with Crippen LogP contribution in [0.2, 0.25) is 4.34 Å². The number of halogens is 1. The fourth-order valence-corrected chi connectivity index (χ4v) is 2.83. The number of hydrogen-bond acceptors (Lipinski definition) is 6. The van der Waals surface area contributed by atoms with Gasteiger partial charge < -0.3 is 4.74 Å². The zero-order valence-electron chi connectivity index (χ0n) is 11.6. The van der Waals surface area contributed by atoms with E-state index in [0.717, 1.165) is 5.56 Å². The summed E-state index contributed by atoms with van der Waals surface area (Å²) in [5, 5.41) is 12.1. The highest BCUT2D eigenvalue weighted by Crippen LogP contribution is 2.22. The number of thiophene rings is 1. The van der Waals surface area contributed by atoms with E-state index in [0.29, 0.717) is 20.8 Å². The third-order valence-electron chi connectivity index (χ3n) is 2.91. The van der Waals surface area contributed by atoms with E-state index >= 15 is 0 Å². The number of nitrogens with zero attached hydrogens (tertiary/aromatic N) is 4. The predicted octanol–water partition coefficient (Wildman–Crippen LogP) is 2.95. The standard InChI is InChI=1S/C14H11ClN4O2S/c1-21-10-4-2-3-9(7-10)14-16-18-19(17-14)8-11(20)12-5-6-13(15)22-12/h2-7H,8H2,1H3. The molecule has 0 amide bonds. The van der Waals surface area contributed by atoms with Crippen molar-refractivity contribution in [3.05, 3.63) is 45.6 Å². The SMILES string of the molecule is COc1cccc(-c2nnn(CC(=O)c3ccc(Cl)s3)n2)c1. The van der Waals surface area contributed by atoms with Crippen LogP contribution in [-0.2, 0) is 6.54 Å². The van der Waals surface area contributed by atoms with Gasteiger partial charge in [-0.05, 0) is 29.5 Å². The van der Waals surface area contributed by atoms with Crippen LogP contribution in [0.5, 0.6) is 5.75 Å². The quantitative estimate of drug-likeness (QED) is 0.671. The van der Waals surface area contributed by atoms with Crippen LogP contribution in [-0.4, -0.2) is 33.1 Å². The lowest BCUT2D eigenvalue weighted by Gasteiger charge is -2.00. The Hall–Kier alpha value is -2.25. The fraction of sp³-hybridized carbons (Fsp3) is 0.143. The Kier molecular flexibility index (Phi) is 4.17. The second kappa shape index (κ2) is 6.25. The highest BCUT2D eigenvalue weighted by Gasteiger charge is 2.13. The van der Waals surface area contributed by atoms with Crippen molar-refractivity contribution >= 4 is 28.7 Å². The number of ketones is 1. The smallest absolute Gasteiger partial charge is 0.205 e. The molecule has 0 atom stereocenters. The zero-order valence-corrected chi connectivity index (χ0v) is 13.1. The third kappa shape index (κ3) is 3.15. The molecule has 22 heavy (non-hydrogen) atoms. The van der Waals surface area contributed by atoms with Crippen molar-refractivity contribution in [3.63, 3.8) is 0 Å². The van der Waals surface area contributed by atoms with Gasteiger partial charge in [0.05, 0.1) is 16.3 Å². The van der Waals surface area contributed by atoms with Crippen molar-refractivity contribution in [2.45, 2.75) is 6.54 Å². The molecule has 1 aromatic carbocycles. The molecule has 0 N–H and O–H groups in total. The Balaban J connectivity index is 1.77. The summed E-state index contributed by atoms with van der Waals surface area (Å²) in [5.41, 5.74) is 0.775. The minimum Gasteiger partial charge on any atom is -0.497 e. The monoisotopic (exact) mass is 334 g/mol. The number of tetrazole rings is 1. The molecule has 0 saturated carbocycles. The molecule has 3 rings (SSSR count). The van der Waals surface area contributed by atoms with Crippen LogP contribution in [0.15, 0.2) is 36.4 Å². The largest absolute Gasteiger partial charge is 0.497 e. The Morgan fingerprint density at radius 2 is 2.23 bits per heavy atom. The molecule has 0 aliphatic rings. The van der Waals surface area contributed by atoms with Gasteiger partial charge in [0.2, 0.25) is 5.82 Å². The molecule has 0 bridgehead atoms. The maximum Gasteiger partial charge on any atom is 0.205 e. The molecular formula is C14H11ClN4O2S. The molecule has 0 unspecified atom stereocenters. The molecule has 0 radical (unpaired) electrons. The number of carbonyl (C=O) groups excluding carboxylic acids is 1. The molecular weight excluding hydrogens is 324 g/mol. The van der Waals surface area contributed by atoms with Crippen LogP contribution >= 0.6 is 22.9 Å². The molecule has 3 aromatic rings. The van der Waals surface area contributed by atoms with E-state index in [-0.39, 0.29) is 12.3 Å². The minimum atomic E-state index is -0.105. The molecule has 0 saturated heterocycles. The number of benzene rings is 1. The van der Waals surface area contributed by atoms with Gasteiger partial charge in [-0.3, -0.25) is 4.79 Å². The Morgan fingerprint density at radius 3 is 2.95 bits per heavy atom. The molecule has 0 spiro atoms. The van der Waals surface area contributed by atoms with E-state index in [1.807, 2.05) is 24.3 Å². The first kappa shape index (κ1) is 14.7. The first-order chi connectivity index (χ1) is 10.7. The summed E-state index contributed by atoms with van der Waals surface area (Å²) in [6.45, 7) is 0.0216. The predicted molar refractivity (Wildman–Crippen MR) is 83.5 cm³/mol. The minimum absolute atomic E-state index is 0.0216. The molecule has 2 heterocycles. The number of Topliss-reactive ketones (excluding diaryl/α,β-unsaturated/α-hetero) is 1. The zero-order chi connectivity index (χ0) is 15.5. The summed E-state index contributed by atoms with van der Waals surface area (Å²) in [4.78, 5) is 13.9. The summed E-state index contributed by atoms with van der Waals surface area (Å²) in [7, 11) is 1.59. The van der Waals surface area contributed by atoms with Crippen molar-refractivity contribution in [1.29, 1.82) is 0 Å². The van der Waals surface area contributed by atoms with E-state index in [1.54, 1.807) is 19.2 Å². The molecule has 0 aliphatic carbocycles. The van der Waals surface area contributed by atoms with Gasteiger partial charge in [-0.1, -0.05) is 23.7 Å². The number of hydrogen-bond donors (Lipinski definition) is 0. The molecule has 2 aromatic heterocycles. The number of carbonyl (C=O) groups is 1. The number of aromatic nitrogens is 4. The lowest BCUT2D eigenvalue weighted by Crippen LogP contribution is -2.12. The second-order valence-corrected chi connectivity index (χ2v) is 6.12. The molecule has 0 aliphatic heterocycles. The Morgan fingerprint density at radius 1 is 1.36 bits per heavy atom. The van der Waals surface area contributed by atoms with Crippen molar-refractivity contribution in [1.82, 2.24) is 20.2 Å². The van der Waals surface area contributed by atoms with E-state index in [1.165, 1.54) is 16.1 Å². The van der Waals surface area contributed by atoms with Crippen molar-refractivity contribution in [2.75, 3.05) is 7.11 Å². The van der Waals surface area contributed by atoms with Crippen LogP contribution in [0.1, 0.15) is 9.67 Å². The second-order valence-electron chi connectivity index (χ2n) is 4.40. The van der Waals surface area contributed by atoms with E-state index in [2.05, 4.69) is 15.4 Å². The van der Waals surface area contributed by atoms with Crippen molar-refractivity contribution in [2.24, 2.45) is 0 Å². The molecule has 0 fully saturated rings. The van der Waals surface area contributed by atoms with Gasteiger partial charge >= 0.3 is 0 Å². The summed E-state index contributed by atoms with van der Waals surface area (Å²) in [6, 6.07) is 10.7. The number of methoxy groups -OCH3 is 1. The third-order valence-corrected chi connectivity index (χ3v) is 4.19. The molecule has 8 heteroatoms. The number of rotatable bonds is 5. The molecule has 112 valence electrons. The van der Waals surface area contributed by atoms with Crippen LogP contribution in [0.25, 0.3) is 11.4 Å². The Labute approximate surface area is 135 Å². The summed E-state index contributed by atoms with van der Waals surface area (Å²) < 4.78 is 5.74. The summed E-state index contributed by atoms with van der Waals surface area (Å²) >= 11 is 7.06. The first-order valence-electron chi connectivity index (χ1n) is 6.36. The number of ether oxygens (including phenoxy) is 1. The van der Waals surface area contributed by atoms with Gasteiger partial charge in [-0.15, -0.1) is 21.5 Å². The van der Waals surface area contributed by atoms with Gasteiger partial charge in [0.15, 0.2) is 5.78 Å². The van der Waals surface area contributed by atoms with Crippen LogP contribution < -0.4 is 4.74 Å². The lowest BCUT2D eigenvalue weighted by molar-refractivity contribution is 0.0965. The van der Waals surface area contributed by atoms with E-state index < -0.39 is 0 Å². The highest BCUT2D eigenvalue weighted by molar-refractivity contribution is 7.18. The summed E-state index contributed by atoms with van der Waals surface area (Å²) in [5.74, 6) is 1.04. The van der Waals surface area contributed by atoms with Crippen molar-refractivity contribution < 1.29 is 9.53 Å². The van der Waals surface area contributed by atoms with Crippen molar-refractivity contribution in [3.8, 4) is 17.1 Å². The van der Waals surface area contributed by atoms with Gasteiger partial charge in [0.25, 0.3) is 0 Å². The van der Waals surface area contributed by atoms with Gasteiger partial charge in [0, 0.05) is 5.56 Å². The van der Waals surface area contributed by atoms with Crippen LogP contribution in [0.3, 0.4) is 0 Å². The van der Waals surface area contributed by atoms with Crippen LogP contribution in [0.4, 0.5) is 0 Å². The van der Waals surface area contributed by atoms with Crippen LogP contribution in [0, 0.1) is 0 Å². The fourth-order valence-electron chi connectivity index (χ4n) is 1.86. The maximum atomic E-state index is 12.1. The Bertz CT molecular complexity index is 815. The average molecular weight is 335 g/mol. The maximum absolute atomic E-state index is 12.1. The lowest BCUT2D eigenvalue weighted by atomic mass is 10.2. The topological polar surface area (TPSA) is 69.9 Å². The van der Waals surface area contributed by atoms with E-state index in [4.69, 9.17) is 16.3 Å². The summed E-state index contributed by atoms with van der Waals surface area (Å²) in [6.07, 6.45) is 0. The van der Waals surface area contributed by atoms with Gasteiger partial charge in [-0.2, -0.15) is 4.80 Å².